The first-order valence-electron chi connectivity index (χ1n) is 5.58. The molecule has 0 bridgehead atoms. The van der Waals surface area contributed by atoms with E-state index in [0.717, 1.165) is 11.3 Å². The van der Waals surface area contributed by atoms with Crippen molar-refractivity contribution in [3.8, 4) is 11.5 Å². The van der Waals surface area contributed by atoms with Crippen LogP contribution < -0.4 is 4.74 Å². The highest BCUT2D eigenvalue weighted by atomic mass is 16.5. The van der Waals surface area contributed by atoms with Gasteiger partial charge in [0.05, 0.1) is 19.3 Å². The molecule has 0 aliphatic heterocycles. The molecule has 92 valence electrons. The summed E-state index contributed by atoms with van der Waals surface area (Å²) in [5.74, 6) is 0.573. The van der Waals surface area contributed by atoms with E-state index in [1.165, 1.54) is 7.11 Å². The van der Waals surface area contributed by atoms with Crippen molar-refractivity contribution in [1.82, 2.24) is 0 Å². The first-order valence-corrected chi connectivity index (χ1v) is 5.58. The van der Waals surface area contributed by atoms with Gasteiger partial charge in [-0.15, -0.1) is 0 Å². The van der Waals surface area contributed by atoms with E-state index in [9.17, 15) is 5.11 Å². The van der Waals surface area contributed by atoms with Gasteiger partial charge in [-0.1, -0.05) is 24.3 Å². The Labute approximate surface area is 106 Å². The molecule has 4 heteroatoms. The zero-order valence-electron chi connectivity index (χ0n) is 10.1. The fraction of sp³-hybridized carbons (Fsp3) is 0.143. The van der Waals surface area contributed by atoms with Crippen LogP contribution in [0, 0.1) is 0 Å². The van der Waals surface area contributed by atoms with Crippen LogP contribution in [0.3, 0.4) is 0 Å². The Morgan fingerprint density at radius 2 is 1.89 bits per heavy atom. The molecule has 0 aliphatic carbocycles. The summed E-state index contributed by atoms with van der Waals surface area (Å²) in [5, 5.41) is 17.8. The predicted molar refractivity (Wildman–Crippen MR) is 69.3 cm³/mol. The summed E-state index contributed by atoms with van der Waals surface area (Å²) < 4.78 is 4.97. The number of aromatic hydroxyl groups is 1. The summed E-state index contributed by atoms with van der Waals surface area (Å²) in [5.41, 5.74) is 1.70. The van der Waals surface area contributed by atoms with E-state index in [1.807, 2.05) is 36.4 Å². The maximum atomic E-state index is 9.61. The lowest BCUT2D eigenvalue weighted by atomic mass is 10.2. The van der Waals surface area contributed by atoms with Gasteiger partial charge in [-0.3, -0.25) is 0 Å². The van der Waals surface area contributed by atoms with E-state index in [2.05, 4.69) is 10.2 Å². The molecule has 0 unspecified atom stereocenters. The smallest absolute Gasteiger partial charge is 0.160 e. The number of benzene rings is 2. The van der Waals surface area contributed by atoms with Crippen LogP contribution in [-0.2, 0) is 6.54 Å². The number of phenols is 1. The molecule has 0 radical (unpaired) electrons. The van der Waals surface area contributed by atoms with Crippen molar-refractivity contribution in [2.75, 3.05) is 7.11 Å². The van der Waals surface area contributed by atoms with Gasteiger partial charge in [0.2, 0.25) is 0 Å². The number of hydrogen-bond donors (Lipinski definition) is 1. The van der Waals surface area contributed by atoms with Crippen LogP contribution in [0.4, 0.5) is 5.69 Å². The molecule has 0 spiro atoms. The first-order chi connectivity index (χ1) is 8.79. The standard InChI is InChI=1S/C14H14N2O2/c1-18-14-8-7-11(9-13(14)17)10-15-16-12-5-3-2-4-6-12/h2-9,17H,10H2,1H3. The van der Waals surface area contributed by atoms with Crippen molar-refractivity contribution in [2.45, 2.75) is 6.54 Å². The van der Waals surface area contributed by atoms with E-state index in [-0.39, 0.29) is 5.75 Å². The van der Waals surface area contributed by atoms with E-state index in [4.69, 9.17) is 4.74 Å². The van der Waals surface area contributed by atoms with Crippen molar-refractivity contribution >= 4 is 5.69 Å². The van der Waals surface area contributed by atoms with Crippen molar-refractivity contribution in [2.24, 2.45) is 10.2 Å². The van der Waals surface area contributed by atoms with Crippen LogP contribution in [0.1, 0.15) is 5.56 Å². The fourth-order valence-electron chi connectivity index (χ4n) is 1.53. The molecule has 0 aliphatic rings. The highest BCUT2D eigenvalue weighted by Gasteiger charge is 2.01. The predicted octanol–water partition coefficient (Wildman–Crippen LogP) is 3.68. The zero-order valence-corrected chi connectivity index (χ0v) is 10.1. The number of hydrogen-bond acceptors (Lipinski definition) is 4. The summed E-state index contributed by atoms with van der Waals surface area (Å²) in [6.07, 6.45) is 0. The molecule has 0 aromatic heterocycles. The van der Waals surface area contributed by atoms with Crippen LogP contribution in [-0.4, -0.2) is 12.2 Å². The Morgan fingerprint density at radius 3 is 2.56 bits per heavy atom. The van der Waals surface area contributed by atoms with E-state index < -0.39 is 0 Å². The molecule has 4 nitrogen and oxygen atoms in total. The van der Waals surface area contributed by atoms with Gasteiger partial charge in [0.25, 0.3) is 0 Å². The molecule has 2 aromatic carbocycles. The quantitative estimate of drug-likeness (QED) is 0.831. The minimum atomic E-state index is 0.116. The average Bonchev–Trinajstić information content (AvgIpc) is 2.40. The van der Waals surface area contributed by atoms with Crippen molar-refractivity contribution in [3.63, 3.8) is 0 Å². The molecular weight excluding hydrogens is 228 g/mol. The van der Waals surface area contributed by atoms with Gasteiger partial charge in [0, 0.05) is 0 Å². The first kappa shape index (κ1) is 12.1. The normalized spacial score (nSPS) is 10.7. The maximum absolute atomic E-state index is 9.61. The molecule has 1 N–H and O–H groups in total. The van der Waals surface area contributed by atoms with Crippen LogP contribution >= 0.6 is 0 Å². The molecular formula is C14H14N2O2. The van der Waals surface area contributed by atoms with Crippen LogP contribution in [0.2, 0.25) is 0 Å². The molecule has 2 rings (SSSR count). The number of azo groups is 1. The number of phenolic OH excluding ortho intramolecular Hbond substituents is 1. The maximum Gasteiger partial charge on any atom is 0.160 e. The highest BCUT2D eigenvalue weighted by Crippen LogP contribution is 2.26. The highest BCUT2D eigenvalue weighted by molar-refractivity contribution is 5.41. The van der Waals surface area contributed by atoms with E-state index >= 15 is 0 Å². The third-order valence-electron chi connectivity index (χ3n) is 2.44. The summed E-state index contributed by atoms with van der Waals surface area (Å²) >= 11 is 0. The molecule has 0 amide bonds. The second-order valence-corrected chi connectivity index (χ2v) is 3.74. The van der Waals surface area contributed by atoms with Gasteiger partial charge in [-0.25, -0.2) is 0 Å². The molecule has 18 heavy (non-hydrogen) atoms. The summed E-state index contributed by atoms with van der Waals surface area (Å²) in [4.78, 5) is 0. The number of nitrogens with zero attached hydrogens (tertiary/aromatic N) is 2. The third kappa shape index (κ3) is 3.07. The van der Waals surface area contributed by atoms with Crippen molar-refractivity contribution < 1.29 is 9.84 Å². The monoisotopic (exact) mass is 242 g/mol. The molecule has 0 atom stereocenters. The molecule has 0 saturated heterocycles. The minimum Gasteiger partial charge on any atom is -0.504 e. The fourth-order valence-corrected chi connectivity index (χ4v) is 1.53. The van der Waals surface area contributed by atoms with Gasteiger partial charge < -0.3 is 9.84 Å². The van der Waals surface area contributed by atoms with Crippen LogP contribution in [0.5, 0.6) is 11.5 Å². The molecule has 0 heterocycles. The van der Waals surface area contributed by atoms with Crippen LogP contribution in [0.15, 0.2) is 58.8 Å². The lowest BCUT2D eigenvalue weighted by Crippen LogP contribution is -1.86. The molecule has 2 aromatic rings. The lowest BCUT2D eigenvalue weighted by Gasteiger charge is -2.03. The SMILES string of the molecule is COc1ccc(CN=Nc2ccccc2)cc1O. The number of rotatable bonds is 4. The van der Waals surface area contributed by atoms with E-state index in [0.29, 0.717) is 12.3 Å². The molecule has 0 saturated carbocycles. The van der Waals surface area contributed by atoms with Gasteiger partial charge in [0.15, 0.2) is 11.5 Å². The van der Waals surface area contributed by atoms with Gasteiger partial charge >= 0.3 is 0 Å². The Bertz CT molecular complexity index is 539. The number of ether oxygens (including phenoxy) is 1. The summed E-state index contributed by atoms with van der Waals surface area (Å²) in [6, 6.07) is 14.7. The van der Waals surface area contributed by atoms with Crippen molar-refractivity contribution in [3.05, 3.63) is 54.1 Å². The third-order valence-corrected chi connectivity index (χ3v) is 2.44. The van der Waals surface area contributed by atoms with Gasteiger partial charge in [-0.05, 0) is 29.8 Å². The van der Waals surface area contributed by atoms with Gasteiger partial charge in [-0.2, -0.15) is 10.2 Å². The topological polar surface area (TPSA) is 54.2 Å². The van der Waals surface area contributed by atoms with Crippen LogP contribution in [0.25, 0.3) is 0 Å². The Kier molecular flexibility index (Phi) is 3.91. The second-order valence-electron chi connectivity index (χ2n) is 3.74. The average molecular weight is 242 g/mol. The summed E-state index contributed by atoms with van der Waals surface area (Å²) in [6.45, 7) is 0.423. The Balaban J connectivity index is 2.02. The molecule has 0 fully saturated rings. The largest absolute Gasteiger partial charge is 0.504 e. The number of methoxy groups -OCH3 is 1. The second kappa shape index (κ2) is 5.82. The van der Waals surface area contributed by atoms with Crippen molar-refractivity contribution in [1.29, 1.82) is 0 Å². The zero-order chi connectivity index (χ0) is 12.8. The van der Waals surface area contributed by atoms with Gasteiger partial charge in [0.1, 0.15) is 0 Å². The Hall–Kier alpha value is -2.36. The Morgan fingerprint density at radius 1 is 1.11 bits per heavy atom. The lowest BCUT2D eigenvalue weighted by molar-refractivity contribution is 0.373. The van der Waals surface area contributed by atoms with E-state index in [1.54, 1.807) is 12.1 Å². The summed E-state index contributed by atoms with van der Waals surface area (Å²) in [7, 11) is 1.52. The minimum absolute atomic E-state index is 0.116.